The molecule has 1 fully saturated rings. The standard InChI is InChI=1S/C15H23N5O3/c1-22-10-4-13-17-14(23-18-13)12-3-2-6-19(11-12)8-9-20-7-5-16-15(20)21/h5,7,12H,2-4,6,8-11H2,1H3,(H,16,21)/t12-/m0/s1. The summed E-state index contributed by atoms with van der Waals surface area (Å²) in [5, 5.41) is 4.02. The van der Waals surface area contributed by atoms with Gasteiger partial charge in [-0.05, 0) is 19.4 Å². The maximum Gasteiger partial charge on any atom is 0.325 e. The van der Waals surface area contributed by atoms with Crippen LogP contribution in [0.4, 0.5) is 0 Å². The van der Waals surface area contributed by atoms with E-state index < -0.39 is 0 Å². The number of hydrogen-bond acceptors (Lipinski definition) is 6. The Bertz CT molecular complexity index is 662. The molecule has 0 aromatic carbocycles. The molecule has 2 aromatic heterocycles. The first-order valence-corrected chi connectivity index (χ1v) is 8.04. The molecule has 3 rings (SSSR count). The lowest BCUT2D eigenvalue weighted by atomic mass is 9.98. The Morgan fingerprint density at radius 2 is 2.39 bits per heavy atom. The number of nitrogens with one attached hydrogen (secondary N) is 1. The normalized spacial score (nSPS) is 19.3. The molecule has 2 aromatic rings. The van der Waals surface area contributed by atoms with Gasteiger partial charge in [0.25, 0.3) is 0 Å². The summed E-state index contributed by atoms with van der Waals surface area (Å²) in [5.74, 6) is 1.70. The molecule has 8 heteroatoms. The summed E-state index contributed by atoms with van der Waals surface area (Å²) in [5.41, 5.74) is -0.0572. The molecule has 3 heterocycles. The van der Waals surface area contributed by atoms with Crippen molar-refractivity contribution in [1.82, 2.24) is 24.6 Å². The van der Waals surface area contributed by atoms with Crippen LogP contribution in [-0.2, 0) is 17.7 Å². The molecule has 23 heavy (non-hydrogen) atoms. The topological polar surface area (TPSA) is 89.2 Å². The number of aromatic nitrogens is 4. The maximum atomic E-state index is 11.5. The quantitative estimate of drug-likeness (QED) is 0.804. The molecule has 0 bridgehead atoms. The third kappa shape index (κ3) is 4.08. The first kappa shape index (κ1) is 15.9. The van der Waals surface area contributed by atoms with Crippen molar-refractivity contribution in [3.63, 3.8) is 0 Å². The van der Waals surface area contributed by atoms with Crippen molar-refractivity contribution in [2.24, 2.45) is 0 Å². The molecule has 8 nitrogen and oxygen atoms in total. The lowest BCUT2D eigenvalue weighted by Gasteiger charge is -2.30. The molecule has 0 saturated carbocycles. The SMILES string of the molecule is COCCc1noc([C@H]2CCCN(CCn3cc[nH]c3=O)C2)n1. The highest BCUT2D eigenvalue weighted by Gasteiger charge is 2.25. The van der Waals surface area contributed by atoms with Crippen LogP contribution in [-0.4, -0.2) is 57.9 Å². The van der Waals surface area contributed by atoms with E-state index in [9.17, 15) is 4.79 Å². The summed E-state index contributed by atoms with van der Waals surface area (Å²) >= 11 is 0. The second kappa shape index (κ2) is 7.56. The van der Waals surface area contributed by atoms with Gasteiger partial charge in [0.15, 0.2) is 5.82 Å². The highest BCUT2D eigenvalue weighted by molar-refractivity contribution is 4.97. The molecular formula is C15H23N5O3. The van der Waals surface area contributed by atoms with Gasteiger partial charge in [-0.1, -0.05) is 5.16 Å². The van der Waals surface area contributed by atoms with Gasteiger partial charge < -0.3 is 19.1 Å². The number of aromatic amines is 1. The van der Waals surface area contributed by atoms with Gasteiger partial charge in [0, 0.05) is 45.6 Å². The van der Waals surface area contributed by atoms with Crippen LogP contribution in [0.3, 0.4) is 0 Å². The second-order valence-electron chi connectivity index (χ2n) is 5.89. The van der Waals surface area contributed by atoms with Crippen LogP contribution < -0.4 is 5.69 Å². The predicted octanol–water partition coefficient (Wildman–Crippen LogP) is 0.628. The van der Waals surface area contributed by atoms with Crippen LogP contribution in [0.15, 0.2) is 21.7 Å². The van der Waals surface area contributed by atoms with E-state index >= 15 is 0 Å². The Labute approximate surface area is 134 Å². The van der Waals surface area contributed by atoms with Crippen LogP contribution >= 0.6 is 0 Å². The van der Waals surface area contributed by atoms with Crippen LogP contribution in [0.5, 0.6) is 0 Å². The highest BCUT2D eigenvalue weighted by atomic mass is 16.5. The van der Waals surface area contributed by atoms with Crippen molar-refractivity contribution >= 4 is 0 Å². The molecule has 0 unspecified atom stereocenters. The minimum atomic E-state index is -0.0572. The van der Waals surface area contributed by atoms with Gasteiger partial charge in [0.1, 0.15) is 0 Å². The maximum absolute atomic E-state index is 11.5. The Kier molecular flexibility index (Phi) is 5.24. The van der Waals surface area contributed by atoms with E-state index in [2.05, 4.69) is 20.0 Å². The van der Waals surface area contributed by atoms with Crippen LogP contribution in [0, 0.1) is 0 Å². The molecule has 0 radical (unpaired) electrons. The van der Waals surface area contributed by atoms with Crippen molar-refractivity contribution < 1.29 is 9.26 Å². The Morgan fingerprint density at radius 1 is 1.48 bits per heavy atom. The predicted molar refractivity (Wildman–Crippen MR) is 83.3 cm³/mol. The van der Waals surface area contributed by atoms with E-state index in [4.69, 9.17) is 9.26 Å². The number of likely N-dealkylation sites (tertiary alicyclic amines) is 1. The molecule has 0 aliphatic carbocycles. The molecule has 1 N–H and O–H groups in total. The molecule has 1 aliphatic heterocycles. The van der Waals surface area contributed by atoms with Crippen molar-refractivity contribution in [1.29, 1.82) is 0 Å². The van der Waals surface area contributed by atoms with Crippen molar-refractivity contribution in [3.8, 4) is 0 Å². The second-order valence-corrected chi connectivity index (χ2v) is 5.89. The Hall–Kier alpha value is -1.93. The summed E-state index contributed by atoms with van der Waals surface area (Å²) in [6.07, 6.45) is 6.28. The van der Waals surface area contributed by atoms with Gasteiger partial charge in [-0.25, -0.2) is 4.79 Å². The van der Waals surface area contributed by atoms with E-state index in [0.717, 1.165) is 38.4 Å². The monoisotopic (exact) mass is 321 g/mol. The zero-order valence-electron chi connectivity index (χ0n) is 13.4. The average Bonchev–Trinajstić information content (AvgIpc) is 3.20. The minimum absolute atomic E-state index is 0.0572. The molecule has 0 amide bonds. The Balaban J connectivity index is 1.54. The molecular weight excluding hydrogens is 298 g/mol. The van der Waals surface area contributed by atoms with Crippen LogP contribution in [0.25, 0.3) is 0 Å². The molecule has 1 atom stereocenters. The van der Waals surface area contributed by atoms with E-state index in [1.165, 1.54) is 0 Å². The van der Waals surface area contributed by atoms with Gasteiger partial charge in [0.2, 0.25) is 5.89 Å². The number of H-pyrrole nitrogens is 1. The third-order valence-electron chi connectivity index (χ3n) is 4.25. The molecule has 1 saturated heterocycles. The Morgan fingerprint density at radius 3 is 3.17 bits per heavy atom. The van der Waals surface area contributed by atoms with E-state index in [0.29, 0.717) is 25.4 Å². The number of ether oxygens (including phenoxy) is 1. The van der Waals surface area contributed by atoms with Crippen molar-refractivity contribution in [2.75, 3.05) is 33.4 Å². The van der Waals surface area contributed by atoms with Crippen LogP contribution in [0.1, 0.15) is 30.5 Å². The lowest BCUT2D eigenvalue weighted by molar-refractivity contribution is 0.181. The van der Waals surface area contributed by atoms with Crippen molar-refractivity contribution in [2.45, 2.75) is 31.7 Å². The number of hydrogen-bond donors (Lipinski definition) is 1. The minimum Gasteiger partial charge on any atom is -0.384 e. The fourth-order valence-corrected chi connectivity index (χ4v) is 2.96. The number of nitrogens with zero attached hydrogens (tertiary/aromatic N) is 4. The summed E-state index contributed by atoms with van der Waals surface area (Å²) in [6.45, 7) is 4.07. The highest BCUT2D eigenvalue weighted by Crippen LogP contribution is 2.25. The van der Waals surface area contributed by atoms with E-state index in [-0.39, 0.29) is 11.6 Å². The smallest absolute Gasteiger partial charge is 0.325 e. The molecule has 0 spiro atoms. The van der Waals surface area contributed by atoms with Crippen molar-refractivity contribution in [3.05, 3.63) is 34.6 Å². The van der Waals surface area contributed by atoms with E-state index in [1.807, 2.05) is 0 Å². The van der Waals surface area contributed by atoms with Gasteiger partial charge in [-0.3, -0.25) is 4.57 Å². The zero-order valence-corrected chi connectivity index (χ0v) is 13.4. The van der Waals surface area contributed by atoms with Gasteiger partial charge in [0.05, 0.1) is 12.5 Å². The summed E-state index contributed by atoms with van der Waals surface area (Å²) in [6, 6.07) is 0. The molecule has 126 valence electrons. The molecule has 1 aliphatic rings. The number of piperidine rings is 1. The van der Waals surface area contributed by atoms with Crippen LogP contribution in [0.2, 0.25) is 0 Å². The third-order valence-corrected chi connectivity index (χ3v) is 4.25. The van der Waals surface area contributed by atoms with Gasteiger partial charge in [-0.2, -0.15) is 4.98 Å². The largest absolute Gasteiger partial charge is 0.384 e. The fraction of sp³-hybridized carbons (Fsp3) is 0.667. The summed E-state index contributed by atoms with van der Waals surface area (Å²) < 4.78 is 12.1. The summed E-state index contributed by atoms with van der Waals surface area (Å²) in [7, 11) is 1.66. The lowest BCUT2D eigenvalue weighted by Crippen LogP contribution is -2.37. The number of methoxy groups -OCH3 is 1. The first-order valence-electron chi connectivity index (χ1n) is 8.04. The average molecular weight is 321 g/mol. The van der Waals surface area contributed by atoms with E-state index in [1.54, 1.807) is 24.1 Å². The number of rotatable bonds is 7. The van der Waals surface area contributed by atoms with Gasteiger partial charge >= 0.3 is 5.69 Å². The van der Waals surface area contributed by atoms with Gasteiger partial charge in [-0.15, -0.1) is 0 Å². The zero-order chi connectivity index (χ0) is 16.1. The fourth-order valence-electron chi connectivity index (χ4n) is 2.96. The summed E-state index contributed by atoms with van der Waals surface area (Å²) in [4.78, 5) is 21.0. The first-order chi connectivity index (χ1) is 11.3. The number of imidazole rings is 1.